The lowest BCUT2D eigenvalue weighted by molar-refractivity contribution is -0.115. The van der Waals surface area contributed by atoms with Gasteiger partial charge in [0.25, 0.3) is 0 Å². The van der Waals surface area contributed by atoms with E-state index in [1.54, 1.807) is 23.7 Å². The lowest BCUT2D eigenvalue weighted by Gasteiger charge is -2.13. The largest absolute Gasteiger partial charge is 0.323 e. The van der Waals surface area contributed by atoms with Gasteiger partial charge in [0, 0.05) is 0 Å². The number of tetrazole rings is 1. The first kappa shape index (κ1) is 18.1. The van der Waals surface area contributed by atoms with Crippen molar-refractivity contribution >= 4 is 23.4 Å². The molecule has 1 heterocycles. The Morgan fingerprint density at radius 2 is 2.00 bits per heavy atom. The summed E-state index contributed by atoms with van der Waals surface area (Å²) < 4.78 is 15.3. The molecule has 0 saturated heterocycles. The second kappa shape index (κ2) is 7.65. The Labute approximate surface area is 154 Å². The fourth-order valence-electron chi connectivity index (χ4n) is 2.36. The zero-order chi connectivity index (χ0) is 18.7. The number of nitrogens with one attached hydrogen (secondary N) is 1. The highest BCUT2D eigenvalue weighted by atomic mass is 32.2. The number of amides is 1. The summed E-state index contributed by atoms with van der Waals surface area (Å²) in [5.74, 6) is -0.797. The Hall–Kier alpha value is -2.74. The number of thioether (sulfide) groups is 1. The Balaban J connectivity index is 1.77. The van der Waals surface area contributed by atoms with Gasteiger partial charge in [0.15, 0.2) is 0 Å². The van der Waals surface area contributed by atoms with Crippen molar-refractivity contribution in [3.63, 3.8) is 0 Å². The third kappa shape index (κ3) is 3.91. The fourth-order valence-corrected chi connectivity index (χ4v) is 3.16. The molecule has 1 amide bonds. The summed E-state index contributed by atoms with van der Waals surface area (Å²) in [5, 5.41) is 14.4. The molecule has 0 radical (unpaired) electrons. The average Bonchev–Trinajstić information content (AvgIpc) is 3.07. The fraction of sp³-hybridized carbons (Fsp3) is 0.222. The smallest absolute Gasteiger partial charge is 0.237 e. The van der Waals surface area contributed by atoms with Crippen LogP contribution in [0.1, 0.15) is 18.1 Å². The normalized spacial score (nSPS) is 12.0. The molecule has 0 unspecified atom stereocenters. The maximum absolute atomic E-state index is 13.7. The number of para-hydroxylation sites is 1. The van der Waals surface area contributed by atoms with Crippen LogP contribution in [0.2, 0.25) is 0 Å². The number of hydrogen-bond donors (Lipinski definition) is 1. The van der Waals surface area contributed by atoms with E-state index in [9.17, 15) is 9.18 Å². The number of carbonyl (C=O) groups is 1. The number of halogens is 1. The molecule has 0 saturated carbocycles. The molecule has 0 aliphatic heterocycles. The Morgan fingerprint density at radius 1 is 1.23 bits per heavy atom. The number of nitrogens with zero attached hydrogens (tertiary/aromatic N) is 4. The lowest BCUT2D eigenvalue weighted by atomic mass is 10.1. The van der Waals surface area contributed by atoms with Crippen LogP contribution in [0.15, 0.2) is 47.6 Å². The first-order valence-electron chi connectivity index (χ1n) is 8.04. The van der Waals surface area contributed by atoms with Gasteiger partial charge in [-0.3, -0.25) is 4.79 Å². The van der Waals surface area contributed by atoms with E-state index in [0.717, 1.165) is 16.8 Å². The van der Waals surface area contributed by atoms with Gasteiger partial charge >= 0.3 is 0 Å². The summed E-state index contributed by atoms with van der Waals surface area (Å²) >= 11 is 1.21. The van der Waals surface area contributed by atoms with Crippen LogP contribution in [0.5, 0.6) is 0 Å². The van der Waals surface area contributed by atoms with Gasteiger partial charge in [0.2, 0.25) is 11.1 Å². The highest BCUT2D eigenvalue weighted by Crippen LogP contribution is 2.26. The van der Waals surface area contributed by atoms with Gasteiger partial charge in [0.1, 0.15) is 5.82 Å². The predicted octanol–water partition coefficient (Wildman–Crippen LogP) is 3.54. The molecule has 0 bridgehead atoms. The van der Waals surface area contributed by atoms with Gasteiger partial charge in [-0.1, -0.05) is 36.0 Å². The molecule has 26 heavy (non-hydrogen) atoms. The van der Waals surface area contributed by atoms with Gasteiger partial charge in [-0.05, 0) is 60.5 Å². The number of hydrogen-bond acceptors (Lipinski definition) is 5. The van der Waals surface area contributed by atoms with Crippen LogP contribution in [0.3, 0.4) is 0 Å². The van der Waals surface area contributed by atoms with E-state index in [1.165, 1.54) is 23.9 Å². The SMILES string of the molecule is Cc1ccc(C)c(-n2nnnc2S[C@@H](C)C(=O)Nc2ccccc2F)c1. The Bertz CT molecular complexity index is 943. The van der Waals surface area contributed by atoms with Crippen LogP contribution in [-0.4, -0.2) is 31.4 Å². The number of benzene rings is 2. The van der Waals surface area contributed by atoms with E-state index in [2.05, 4.69) is 20.8 Å². The van der Waals surface area contributed by atoms with Gasteiger partial charge in [0.05, 0.1) is 16.6 Å². The molecule has 134 valence electrons. The van der Waals surface area contributed by atoms with Crippen molar-refractivity contribution in [1.29, 1.82) is 0 Å². The molecule has 0 fully saturated rings. The van der Waals surface area contributed by atoms with Crippen LogP contribution in [-0.2, 0) is 4.79 Å². The van der Waals surface area contributed by atoms with Crippen molar-refractivity contribution in [2.24, 2.45) is 0 Å². The number of aryl methyl sites for hydroxylation is 2. The second-order valence-corrected chi connectivity index (χ2v) is 7.20. The first-order chi connectivity index (χ1) is 12.5. The third-order valence-corrected chi connectivity index (χ3v) is 4.85. The molecule has 0 spiro atoms. The molecule has 3 aromatic rings. The van der Waals surface area contributed by atoms with Crippen molar-refractivity contribution < 1.29 is 9.18 Å². The quantitative estimate of drug-likeness (QED) is 0.695. The first-order valence-corrected chi connectivity index (χ1v) is 8.91. The molecular weight excluding hydrogens is 353 g/mol. The van der Waals surface area contributed by atoms with Gasteiger partial charge in [-0.15, -0.1) is 5.10 Å². The molecule has 3 rings (SSSR count). The standard InChI is InChI=1S/C18H18FN5OS/c1-11-8-9-12(2)16(10-11)24-18(21-22-23-24)26-13(3)17(25)20-15-7-5-4-6-14(15)19/h4-10,13H,1-3H3,(H,20,25)/t13-/m0/s1. The van der Waals surface area contributed by atoms with Crippen LogP contribution in [0.4, 0.5) is 10.1 Å². The molecule has 0 aliphatic rings. The summed E-state index contributed by atoms with van der Waals surface area (Å²) in [7, 11) is 0. The summed E-state index contributed by atoms with van der Waals surface area (Å²) in [4.78, 5) is 12.4. The summed E-state index contributed by atoms with van der Waals surface area (Å²) in [6.45, 7) is 5.69. The van der Waals surface area contributed by atoms with Gasteiger partial charge in [-0.25, -0.2) is 4.39 Å². The molecule has 1 N–H and O–H groups in total. The molecule has 2 aromatic carbocycles. The average molecular weight is 371 g/mol. The topological polar surface area (TPSA) is 72.7 Å². The Morgan fingerprint density at radius 3 is 2.77 bits per heavy atom. The van der Waals surface area contributed by atoms with Gasteiger partial charge < -0.3 is 5.32 Å². The number of anilines is 1. The van der Waals surface area contributed by atoms with Crippen molar-refractivity contribution in [3.8, 4) is 5.69 Å². The van der Waals surface area contributed by atoms with Crippen molar-refractivity contribution in [1.82, 2.24) is 20.2 Å². The minimum Gasteiger partial charge on any atom is -0.323 e. The van der Waals surface area contributed by atoms with Crippen LogP contribution in [0, 0.1) is 19.7 Å². The molecule has 0 aliphatic carbocycles. The maximum Gasteiger partial charge on any atom is 0.237 e. The summed E-state index contributed by atoms with van der Waals surface area (Å²) in [5.41, 5.74) is 3.12. The van der Waals surface area contributed by atoms with Crippen LogP contribution in [0.25, 0.3) is 5.69 Å². The van der Waals surface area contributed by atoms with E-state index in [-0.39, 0.29) is 11.6 Å². The number of rotatable bonds is 5. The number of aromatic nitrogens is 4. The van der Waals surface area contributed by atoms with Crippen LogP contribution < -0.4 is 5.32 Å². The minimum atomic E-state index is -0.510. The molecule has 1 atom stereocenters. The van der Waals surface area contributed by atoms with Crippen molar-refractivity contribution in [2.45, 2.75) is 31.2 Å². The Kier molecular flexibility index (Phi) is 5.32. The third-order valence-electron chi connectivity index (χ3n) is 3.82. The second-order valence-electron chi connectivity index (χ2n) is 5.89. The maximum atomic E-state index is 13.7. The zero-order valence-corrected chi connectivity index (χ0v) is 15.4. The summed E-state index contributed by atoms with van der Waals surface area (Å²) in [6.07, 6.45) is 0. The lowest BCUT2D eigenvalue weighted by Crippen LogP contribution is -2.23. The highest BCUT2D eigenvalue weighted by molar-refractivity contribution is 8.00. The predicted molar refractivity (Wildman–Crippen MR) is 99.0 cm³/mol. The number of carbonyl (C=O) groups excluding carboxylic acids is 1. The van der Waals surface area contributed by atoms with Gasteiger partial charge in [-0.2, -0.15) is 4.68 Å². The molecule has 1 aromatic heterocycles. The van der Waals surface area contributed by atoms with E-state index in [0.29, 0.717) is 5.16 Å². The molecule has 6 nitrogen and oxygen atoms in total. The highest BCUT2D eigenvalue weighted by Gasteiger charge is 2.20. The monoisotopic (exact) mass is 371 g/mol. The van der Waals surface area contributed by atoms with Crippen molar-refractivity contribution in [2.75, 3.05) is 5.32 Å². The van der Waals surface area contributed by atoms with Crippen molar-refractivity contribution in [3.05, 3.63) is 59.4 Å². The molecular formula is C18H18FN5OS. The minimum absolute atomic E-state index is 0.152. The van der Waals surface area contributed by atoms with Crippen LogP contribution >= 0.6 is 11.8 Å². The van der Waals surface area contributed by atoms with E-state index < -0.39 is 11.1 Å². The van der Waals surface area contributed by atoms with E-state index in [4.69, 9.17) is 0 Å². The molecule has 8 heteroatoms. The summed E-state index contributed by atoms with van der Waals surface area (Å²) in [6, 6.07) is 12.0. The zero-order valence-electron chi connectivity index (χ0n) is 14.6. The van der Waals surface area contributed by atoms with E-state index in [1.807, 2.05) is 32.0 Å². The van der Waals surface area contributed by atoms with E-state index >= 15 is 0 Å².